The first-order valence-electron chi connectivity index (χ1n) is 4.23. The van der Waals surface area contributed by atoms with E-state index in [0.717, 1.165) is 6.42 Å². The molecule has 0 saturated carbocycles. The Labute approximate surface area is 77.0 Å². The van der Waals surface area contributed by atoms with E-state index in [4.69, 9.17) is 10.8 Å². The van der Waals surface area contributed by atoms with Gasteiger partial charge in [-0.25, -0.2) is 0 Å². The lowest BCUT2D eigenvalue weighted by Crippen LogP contribution is -2.09. The van der Waals surface area contributed by atoms with Crippen molar-refractivity contribution in [3.63, 3.8) is 0 Å². The topological polar surface area (TPSA) is 46.2 Å². The zero-order valence-electron chi connectivity index (χ0n) is 7.29. The summed E-state index contributed by atoms with van der Waals surface area (Å²) in [5.74, 6) is 0. The monoisotopic (exact) mass is 185 g/mol. The normalized spacial score (nSPS) is 13.2. The molecule has 1 aromatic heterocycles. The molecule has 3 heteroatoms. The summed E-state index contributed by atoms with van der Waals surface area (Å²) in [6.45, 7) is 2.30. The minimum absolute atomic E-state index is 0.0142. The average molecular weight is 185 g/mol. The Hall–Kier alpha value is -0.380. The summed E-state index contributed by atoms with van der Waals surface area (Å²) in [5, 5.41) is 8.69. The fourth-order valence-electron chi connectivity index (χ4n) is 1.07. The molecular formula is C9H15NOS. The van der Waals surface area contributed by atoms with Gasteiger partial charge in [0.15, 0.2) is 0 Å². The Balaban J connectivity index is 2.61. The number of aryl methyl sites for hydroxylation is 1. The van der Waals surface area contributed by atoms with Crippen LogP contribution in [-0.2, 0) is 6.42 Å². The minimum atomic E-state index is 0.0142. The molecule has 0 aliphatic carbocycles. The van der Waals surface area contributed by atoms with Crippen molar-refractivity contribution in [1.82, 2.24) is 0 Å². The molecule has 1 aromatic rings. The van der Waals surface area contributed by atoms with E-state index in [-0.39, 0.29) is 12.6 Å². The third-order valence-electron chi connectivity index (χ3n) is 1.84. The van der Waals surface area contributed by atoms with Gasteiger partial charge >= 0.3 is 0 Å². The fraction of sp³-hybridized carbons (Fsp3) is 0.556. The Bertz CT molecular complexity index is 234. The minimum Gasteiger partial charge on any atom is -0.396 e. The molecule has 0 fully saturated rings. The van der Waals surface area contributed by atoms with Crippen molar-refractivity contribution in [3.8, 4) is 0 Å². The number of hydrogen-bond acceptors (Lipinski definition) is 3. The highest BCUT2D eigenvalue weighted by Gasteiger charge is 2.07. The lowest BCUT2D eigenvalue weighted by Gasteiger charge is -2.05. The molecule has 0 amide bonds. The van der Waals surface area contributed by atoms with Gasteiger partial charge in [0.25, 0.3) is 0 Å². The highest BCUT2D eigenvalue weighted by molar-refractivity contribution is 7.12. The second-order valence-electron chi connectivity index (χ2n) is 2.78. The van der Waals surface area contributed by atoms with Gasteiger partial charge in [-0.2, -0.15) is 0 Å². The summed E-state index contributed by atoms with van der Waals surface area (Å²) in [6.07, 6.45) is 1.72. The van der Waals surface area contributed by atoms with Crippen molar-refractivity contribution in [2.45, 2.75) is 25.8 Å². The molecule has 0 spiro atoms. The predicted molar refractivity (Wildman–Crippen MR) is 52.3 cm³/mol. The Morgan fingerprint density at radius 2 is 2.33 bits per heavy atom. The van der Waals surface area contributed by atoms with E-state index >= 15 is 0 Å². The van der Waals surface area contributed by atoms with Gasteiger partial charge in [0, 0.05) is 22.4 Å². The van der Waals surface area contributed by atoms with Crippen LogP contribution in [0.5, 0.6) is 0 Å². The molecule has 0 aliphatic rings. The molecule has 0 saturated heterocycles. The summed E-state index contributed by atoms with van der Waals surface area (Å²) < 4.78 is 0. The molecule has 1 atom stereocenters. The van der Waals surface area contributed by atoms with Crippen LogP contribution in [0.2, 0.25) is 0 Å². The van der Waals surface area contributed by atoms with Gasteiger partial charge in [-0.3, -0.25) is 0 Å². The number of nitrogens with two attached hydrogens (primary N) is 1. The molecule has 68 valence electrons. The smallest absolute Gasteiger partial charge is 0.0449 e. The second kappa shape index (κ2) is 4.60. The number of aliphatic hydroxyl groups excluding tert-OH is 1. The van der Waals surface area contributed by atoms with Crippen LogP contribution in [0.4, 0.5) is 0 Å². The van der Waals surface area contributed by atoms with Crippen LogP contribution in [-0.4, -0.2) is 11.7 Å². The van der Waals surface area contributed by atoms with Crippen molar-refractivity contribution in [3.05, 3.63) is 21.9 Å². The summed E-state index contributed by atoms with van der Waals surface area (Å²) in [7, 11) is 0. The Morgan fingerprint density at radius 3 is 2.83 bits per heavy atom. The van der Waals surface area contributed by atoms with Gasteiger partial charge in [0.1, 0.15) is 0 Å². The van der Waals surface area contributed by atoms with Gasteiger partial charge in [-0.1, -0.05) is 6.92 Å². The zero-order chi connectivity index (χ0) is 8.97. The summed E-state index contributed by atoms with van der Waals surface area (Å²) in [5.41, 5.74) is 5.82. The van der Waals surface area contributed by atoms with Crippen LogP contribution in [0, 0.1) is 0 Å². The van der Waals surface area contributed by atoms with E-state index in [1.807, 2.05) is 0 Å². The van der Waals surface area contributed by atoms with Crippen LogP contribution >= 0.6 is 11.3 Å². The maximum atomic E-state index is 8.69. The molecule has 1 rings (SSSR count). The SMILES string of the molecule is CCc1ccc([C@@H](N)CCO)s1. The predicted octanol–water partition coefficient (Wildman–Crippen LogP) is 1.69. The maximum absolute atomic E-state index is 8.69. The Morgan fingerprint density at radius 1 is 1.58 bits per heavy atom. The maximum Gasteiger partial charge on any atom is 0.0449 e. The van der Waals surface area contributed by atoms with Crippen LogP contribution in [0.15, 0.2) is 12.1 Å². The number of thiophene rings is 1. The first-order chi connectivity index (χ1) is 5.77. The zero-order valence-corrected chi connectivity index (χ0v) is 8.10. The number of aliphatic hydroxyl groups is 1. The Kier molecular flexibility index (Phi) is 3.72. The van der Waals surface area contributed by atoms with Crippen LogP contribution < -0.4 is 5.73 Å². The van der Waals surface area contributed by atoms with E-state index in [0.29, 0.717) is 6.42 Å². The van der Waals surface area contributed by atoms with Crippen LogP contribution in [0.3, 0.4) is 0 Å². The largest absolute Gasteiger partial charge is 0.396 e. The van der Waals surface area contributed by atoms with Crippen molar-refractivity contribution < 1.29 is 5.11 Å². The third-order valence-corrected chi connectivity index (χ3v) is 3.20. The highest BCUT2D eigenvalue weighted by atomic mass is 32.1. The first kappa shape index (κ1) is 9.71. The molecule has 0 aromatic carbocycles. The quantitative estimate of drug-likeness (QED) is 0.750. The summed E-state index contributed by atoms with van der Waals surface area (Å²) >= 11 is 1.74. The van der Waals surface area contributed by atoms with Crippen molar-refractivity contribution in [2.24, 2.45) is 5.73 Å². The fourth-order valence-corrected chi connectivity index (χ4v) is 2.05. The molecule has 12 heavy (non-hydrogen) atoms. The molecule has 1 heterocycles. The van der Waals surface area contributed by atoms with Gasteiger partial charge < -0.3 is 10.8 Å². The van der Waals surface area contributed by atoms with Gasteiger partial charge in [0.05, 0.1) is 0 Å². The summed E-state index contributed by atoms with van der Waals surface area (Å²) in [6, 6.07) is 4.18. The van der Waals surface area contributed by atoms with Gasteiger partial charge in [-0.05, 0) is 25.0 Å². The van der Waals surface area contributed by atoms with Crippen molar-refractivity contribution in [1.29, 1.82) is 0 Å². The van der Waals surface area contributed by atoms with Gasteiger partial charge in [0.2, 0.25) is 0 Å². The van der Waals surface area contributed by atoms with E-state index in [1.54, 1.807) is 11.3 Å². The van der Waals surface area contributed by atoms with Gasteiger partial charge in [-0.15, -0.1) is 11.3 Å². The molecular weight excluding hydrogens is 170 g/mol. The summed E-state index contributed by atoms with van der Waals surface area (Å²) in [4.78, 5) is 2.54. The third kappa shape index (κ3) is 2.30. The lowest BCUT2D eigenvalue weighted by atomic mass is 10.2. The standard InChI is InChI=1S/C9H15NOS/c1-2-7-3-4-9(12-7)8(10)5-6-11/h3-4,8,11H,2,5-6,10H2,1H3/t8-/m0/s1. The van der Waals surface area contributed by atoms with Crippen LogP contribution in [0.1, 0.15) is 29.1 Å². The lowest BCUT2D eigenvalue weighted by molar-refractivity contribution is 0.277. The van der Waals surface area contributed by atoms with E-state index < -0.39 is 0 Å². The molecule has 3 N–H and O–H groups in total. The van der Waals surface area contributed by atoms with Crippen molar-refractivity contribution >= 4 is 11.3 Å². The first-order valence-corrected chi connectivity index (χ1v) is 5.04. The van der Waals surface area contributed by atoms with E-state index in [9.17, 15) is 0 Å². The van der Waals surface area contributed by atoms with E-state index in [2.05, 4.69) is 19.1 Å². The molecule has 0 unspecified atom stereocenters. The number of rotatable bonds is 4. The second-order valence-corrected chi connectivity index (χ2v) is 3.98. The van der Waals surface area contributed by atoms with Crippen molar-refractivity contribution in [2.75, 3.05) is 6.61 Å². The molecule has 0 aliphatic heterocycles. The molecule has 0 bridgehead atoms. The molecule has 0 radical (unpaired) electrons. The molecule has 2 nitrogen and oxygen atoms in total. The number of hydrogen-bond donors (Lipinski definition) is 2. The van der Waals surface area contributed by atoms with Crippen LogP contribution in [0.25, 0.3) is 0 Å². The average Bonchev–Trinajstić information content (AvgIpc) is 2.52. The van der Waals surface area contributed by atoms with E-state index in [1.165, 1.54) is 9.75 Å². The highest BCUT2D eigenvalue weighted by Crippen LogP contribution is 2.23.